The topological polar surface area (TPSA) is 54.3 Å². The first-order valence-corrected chi connectivity index (χ1v) is 10.4. The molecular weight excluding hydrogens is 374 g/mol. The summed E-state index contributed by atoms with van der Waals surface area (Å²) in [4.78, 5) is 21.3. The predicted octanol–water partition coefficient (Wildman–Crippen LogP) is 4.31. The first kappa shape index (κ1) is 21.6. The summed E-state index contributed by atoms with van der Waals surface area (Å²) in [6.07, 6.45) is 1.67. The molecule has 0 aliphatic heterocycles. The Hall–Kier alpha value is -3.15. The summed E-state index contributed by atoms with van der Waals surface area (Å²) in [6, 6.07) is 12.0. The molecule has 0 aliphatic rings. The SMILES string of the molecule is CCN(CC)c1ccc(C(=O)N(C)Cc2c(C)nn(-c3ccccc3C)c2C)cn1. The lowest BCUT2D eigenvalue weighted by Gasteiger charge is -2.21. The number of aromatic nitrogens is 3. The zero-order valence-electron chi connectivity index (χ0n) is 18.8. The highest BCUT2D eigenvalue weighted by Crippen LogP contribution is 2.22. The Morgan fingerprint density at radius 2 is 1.73 bits per heavy atom. The summed E-state index contributed by atoms with van der Waals surface area (Å²) in [5.41, 5.74) is 5.88. The number of anilines is 1. The van der Waals surface area contributed by atoms with Gasteiger partial charge in [-0.1, -0.05) is 18.2 Å². The van der Waals surface area contributed by atoms with Crippen LogP contribution in [0.2, 0.25) is 0 Å². The quantitative estimate of drug-likeness (QED) is 0.588. The molecule has 1 aromatic carbocycles. The van der Waals surface area contributed by atoms with Crippen molar-refractivity contribution in [2.75, 3.05) is 25.0 Å². The van der Waals surface area contributed by atoms with Crippen molar-refractivity contribution < 1.29 is 4.79 Å². The third kappa shape index (κ3) is 4.22. The van der Waals surface area contributed by atoms with E-state index in [0.717, 1.165) is 41.5 Å². The molecule has 2 heterocycles. The summed E-state index contributed by atoms with van der Waals surface area (Å²) >= 11 is 0. The Labute approximate surface area is 179 Å². The number of nitrogens with zero attached hydrogens (tertiary/aromatic N) is 5. The van der Waals surface area contributed by atoms with Crippen molar-refractivity contribution in [3.63, 3.8) is 0 Å². The van der Waals surface area contributed by atoms with Crippen molar-refractivity contribution in [3.05, 3.63) is 70.7 Å². The standard InChI is InChI=1S/C24H31N5O/c1-7-28(8-2)23-14-13-20(15-25-23)24(30)27(6)16-21-18(4)26-29(19(21)5)22-12-10-9-11-17(22)3/h9-15H,7-8,16H2,1-6H3. The normalized spacial score (nSPS) is 10.9. The molecule has 6 nitrogen and oxygen atoms in total. The highest BCUT2D eigenvalue weighted by atomic mass is 16.2. The van der Waals surface area contributed by atoms with E-state index in [2.05, 4.69) is 49.7 Å². The second-order valence-corrected chi connectivity index (χ2v) is 7.59. The molecule has 158 valence electrons. The van der Waals surface area contributed by atoms with Crippen LogP contribution in [0.5, 0.6) is 0 Å². The molecule has 0 N–H and O–H groups in total. The van der Waals surface area contributed by atoms with Crippen molar-refractivity contribution in [1.29, 1.82) is 0 Å². The highest BCUT2D eigenvalue weighted by Gasteiger charge is 2.19. The average molecular weight is 406 g/mol. The van der Waals surface area contributed by atoms with Crippen LogP contribution in [0.3, 0.4) is 0 Å². The third-order valence-electron chi connectivity index (χ3n) is 5.61. The van der Waals surface area contributed by atoms with E-state index in [-0.39, 0.29) is 5.91 Å². The second kappa shape index (κ2) is 9.11. The van der Waals surface area contributed by atoms with E-state index in [9.17, 15) is 4.79 Å². The fourth-order valence-corrected chi connectivity index (χ4v) is 3.72. The molecule has 30 heavy (non-hydrogen) atoms. The first-order valence-electron chi connectivity index (χ1n) is 10.4. The van der Waals surface area contributed by atoms with E-state index >= 15 is 0 Å². The highest BCUT2D eigenvalue weighted by molar-refractivity contribution is 5.93. The maximum absolute atomic E-state index is 13.0. The van der Waals surface area contributed by atoms with Crippen LogP contribution >= 0.6 is 0 Å². The van der Waals surface area contributed by atoms with Crippen molar-refractivity contribution >= 4 is 11.7 Å². The lowest BCUT2D eigenvalue weighted by Crippen LogP contribution is -2.27. The van der Waals surface area contributed by atoms with Crippen molar-refractivity contribution in [1.82, 2.24) is 19.7 Å². The van der Waals surface area contributed by atoms with Crippen LogP contribution in [-0.2, 0) is 6.54 Å². The van der Waals surface area contributed by atoms with Crippen LogP contribution in [-0.4, -0.2) is 45.7 Å². The summed E-state index contributed by atoms with van der Waals surface area (Å²) in [7, 11) is 1.82. The Morgan fingerprint density at radius 1 is 1.03 bits per heavy atom. The summed E-state index contributed by atoms with van der Waals surface area (Å²) in [6.45, 7) is 12.6. The van der Waals surface area contributed by atoms with Crippen molar-refractivity contribution in [2.24, 2.45) is 0 Å². The van der Waals surface area contributed by atoms with Gasteiger partial charge in [-0.3, -0.25) is 4.79 Å². The second-order valence-electron chi connectivity index (χ2n) is 7.59. The molecule has 0 aliphatic carbocycles. The van der Waals surface area contributed by atoms with Crippen LogP contribution in [0.15, 0.2) is 42.6 Å². The maximum Gasteiger partial charge on any atom is 0.255 e. The number of hydrogen-bond donors (Lipinski definition) is 0. The number of carbonyl (C=O) groups excluding carboxylic acids is 1. The number of pyridine rings is 1. The molecule has 0 atom stereocenters. The molecule has 0 unspecified atom stereocenters. The monoisotopic (exact) mass is 405 g/mol. The molecule has 0 saturated heterocycles. The molecule has 6 heteroatoms. The van der Waals surface area contributed by atoms with Gasteiger partial charge in [0.1, 0.15) is 5.82 Å². The Bertz CT molecular complexity index is 1020. The largest absolute Gasteiger partial charge is 0.357 e. The van der Waals surface area contributed by atoms with Gasteiger partial charge in [0, 0.05) is 44.1 Å². The molecular formula is C24H31N5O. The fourth-order valence-electron chi connectivity index (χ4n) is 3.72. The molecule has 3 aromatic rings. The summed E-state index contributed by atoms with van der Waals surface area (Å²) in [5, 5.41) is 4.74. The van der Waals surface area contributed by atoms with Crippen molar-refractivity contribution in [3.8, 4) is 5.69 Å². The van der Waals surface area contributed by atoms with Gasteiger partial charge in [-0.2, -0.15) is 5.10 Å². The molecule has 2 aromatic heterocycles. The minimum absolute atomic E-state index is 0.0453. The molecule has 0 spiro atoms. The molecule has 0 saturated carbocycles. The molecule has 1 amide bonds. The Balaban J connectivity index is 1.80. The van der Waals surface area contributed by atoms with E-state index < -0.39 is 0 Å². The van der Waals surface area contributed by atoms with Gasteiger partial charge in [0.15, 0.2) is 0 Å². The Morgan fingerprint density at radius 3 is 2.33 bits per heavy atom. The molecule has 0 bridgehead atoms. The van der Waals surface area contributed by atoms with Gasteiger partial charge in [-0.05, 0) is 58.4 Å². The van der Waals surface area contributed by atoms with Crippen LogP contribution in [0.25, 0.3) is 5.69 Å². The number of benzene rings is 1. The van der Waals surface area contributed by atoms with Gasteiger partial charge >= 0.3 is 0 Å². The molecule has 0 radical (unpaired) electrons. The zero-order valence-corrected chi connectivity index (χ0v) is 18.8. The smallest absolute Gasteiger partial charge is 0.255 e. The number of carbonyl (C=O) groups is 1. The number of hydrogen-bond acceptors (Lipinski definition) is 4. The van der Waals surface area contributed by atoms with Crippen LogP contribution < -0.4 is 4.90 Å². The third-order valence-corrected chi connectivity index (χ3v) is 5.61. The van der Waals surface area contributed by atoms with E-state index in [1.54, 1.807) is 11.1 Å². The van der Waals surface area contributed by atoms with Crippen LogP contribution in [0.4, 0.5) is 5.82 Å². The molecule has 0 fully saturated rings. The van der Waals surface area contributed by atoms with Gasteiger partial charge in [0.2, 0.25) is 0 Å². The lowest BCUT2D eigenvalue weighted by atomic mass is 10.1. The number of para-hydroxylation sites is 1. The predicted molar refractivity (Wildman–Crippen MR) is 121 cm³/mol. The van der Waals surface area contributed by atoms with Gasteiger partial charge < -0.3 is 9.80 Å². The van der Waals surface area contributed by atoms with Crippen LogP contribution in [0, 0.1) is 20.8 Å². The first-order chi connectivity index (χ1) is 14.4. The van der Waals surface area contributed by atoms with Gasteiger partial charge in [-0.15, -0.1) is 0 Å². The van der Waals surface area contributed by atoms with Gasteiger partial charge in [-0.25, -0.2) is 9.67 Å². The summed E-state index contributed by atoms with van der Waals surface area (Å²) < 4.78 is 1.97. The Kier molecular flexibility index (Phi) is 6.55. The minimum atomic E-state index is -0.0453. The van der Waals surface area contributed by atoms with Crippen LogP contribution in [0.1, 0.15) is 46.7 Å². The van der Waals surface area contributed by atoms with E-state index in [1.807, 2.05) is 42.9 Å². The summed E-state index contributed by atoms with van der Waals surface area (Å²) in [5.74, 6) is 0.849. The lowest BCUT2D eigenvalue weighted by molar-refractivity contribution is 0.0784. The molecule has 3 rings (SSSR count). The van der Waals surface area contributed by atoms with Gasteiger partial charge in [0.05, 0.1) is 16.9 Å². The van der Waals surface area contributed by atoms with E-state index in [1.165, 1.54) is 5.56 Å². The minimum Gasteiger partial charge on any atom is -0.357 e. The number of aryl methyl sites for hydroxylation is 2. The zero-order chi connectivity index (χ0) is 21.8. The van der Waals surface area contributed by atoms with E-state index in [0.29, 0.717) is 12.1 Å². The number of amides is 1. The van der Waals surface area contributed by atoms with E-state index in [4.69, 9.17) is 5.10 Å². The fraction of sp³-hybridized carbons (Fsp3) is 0.375. The maximum atomic E-state index is 13.0. The average Bonchev–Trinajstić information content (AvgIpc) is 3.03. The van der Waals surface area contributed by atoms with Crippen molar-refractivity contribution in [2.45, 2.75) is 41.2 Å². The number of rotatable bonds is 7. The van der Waals surface area contributed by atoms with Gasteiger partial charge in [0.25, 0.3) is 5.91 Å².